The molecule has 7 nitrogen and oxygen atoms in total. The molecule has 0 spiro atoms. The van der Waals surface area contributed by atoms with E-state index in [1.807, 2.05) is 30.3 Å². The Bertz CT molecular complexity index is 948. The number of carbonyl (C=O) groups is 1. The van der Waals surface area contributed by atoms with E-state index in [1.54, 1.807) is 12.1 Å². The van der Waals surface area contributed by atoms with Crippen molar-refractivity contribution in [2.45, 2.75) is 12.3 Å². The van der Waals surface area contributed by atoms with Gasteiger partial charge in [0.15, 0.2) is 5.82 Å². The van der Waals surface area contributed by atoms with E-state index in [2.05, 4.69) is 15.5 Å². The number of benzene rings is 2. The van der Waals surface area contributed by atoms with Crippen molar-refractivity contribution >= 4 is 17.4 Å². The number of nitrogens with zero attached hydrogens (tertiary/aromatic N) is 2. The SMILES string of the molecule is O=C1CC(c2ccc([N+](=O)[O-])cc2)c2c(n[nH]c2-c2ccccc2)N1. The maximum absolute atomic E-state index is 12.1. The Balaban J connectivity index is 1.82. The van der Waals surface area contributed by atoms with Crippen LogP contribution in [0.1, 0.15) is 23.5 Å². The molecule has 1 aromatic heterocycles. The number of hydrogen-bond donors (Lipinski definition) is 2. The van der Waals surface area contributed by atoms with Gasteiger partial charge >= 0.3 is 0 Å². The molecule has 1 aliphatic heterocycles. The first-order valence-corrected chi connectivity index (χ1v) is 7.81. The van der Waals surface area contributed by atoms with E-state index in [0.717, 1.165) is 22.4 Å². The molecule has 1 unspecified atom stereocenters. The minimum absolute atomic E-state index is 0.0275. The Labute approximate surface area is 142 Å². The van der Waals surface area contributed by atoms with Crippen LogP contribution < -0.4 is 5.32 Å². The summed E-state index contributed by atoms with van der Waals surface area (Å²) in [5, 5.41) is 20.9. The third-order valence-electron chi connectivity index (χ3n) is 4.37. The third-order valence-corrected chi connectivity index (χ3v) is 4.37. The molecule has 1 amide bonds. The molecule has 7 heteroatoms. The smallest absolute Gasteiger partial charge is 0.269 e. The number of amides is 1. The number of nitrogens with one attached hydrogen (secondary N) is 2. The molecule has 4 rings (SSSR count). The van der Waals surface area contributed by atoms with Crippen molar-refractivity contribution in [2.75, 3.05) is 5.32 Å². The number of non-ortho nitro benzene ring substituents is 1. The molecule has 2 heterocycles. The lowest BCUT2D eigenvalue weighted by Crippen LogP contribution is -2.23. The number of fused-ring (bicyclic) bond motifs is 1. The standard InChI is InChI=1S/C18H14N4O3/c23-15-10-14(11-6-8-13(9-7-11)22(24)25)16-17(20-21-18(16)19-15)12-4-2-1-3-5-12/h1-9,14H,10H2,(H2,19,20,21,23). The molecule has 1 atom stereocenters. The molecule has 0 radical (unpaired) electrons. The highest BCUT2D eigenvalue weighted by Crippen LogP contribution is 2.41. The van der Waals surface area contributed by atoms with Crippen molar-refractivity contribution in [1.29, 1.82) is 0 Å². The number of H-pyrrole nitrogens is 1. The predicted molar refractivity (Wildman–Crippen MR) is 92.2 cm³/mol. The van der Waals surface area contributed by atoms with Gasteiger partial charge in [-0.2, -0.15) is 5.10 Å². The van der Waals surface area contributed by atoms with Gasteiger partial charge in [-0.05, 0) is 11.1 Å². The summed E-state index contributed by atoms with van der Waals surface area (Å²) >= 11 is 0. The minimum Gasteiger partial charge on any atom is -0.309 e. The van der Waals surface area contributed by atoms with Crippen LogP contribution in [-0.2, 0) is 4.79 Å². The summed E-state index contributed by atoms with van der Waals surface area (Å²) in [5.41, 5.74) is 3.60. The second kappa shape index (κ2) is 5.86. The number of anilines is 1. The zero-order valence-electron chi connectivity index (χ0n) is 13.1. The first-order chi connectivity index (χ1) is 12.1. The van der Waals surface area contributed by atoms with E-state index in [4.69, 9.17) is 0 Å². The predicted octanol–water partition coefficient (Wildman–Crippen LogP) is 3.46. The molecule has 0 saturated carbocycles. The van der Waals surface area contributed by atoms with Gasteiger partial charge in [-0.15, -0.1) is 0 Å². The number of hydrogen-bond acceptors (Lipinski definition) is 4. The molecular weight excluding hydrogens is 320 g/mol. The van der Waals surface area contributed by atoms with Gasteiger partial charge in [0, 0.05) is 30.0 Å². The maximum Gasteiger partial charge on any atom is 0.269 e. The number of nitro benzene ring substituents is 1. The summed E-state index contributed by atoms with van der Waals surface area (Å²) in [6, 6.07) is 16.1. The third kappa shape index (κ3) is 2.65. The van der Waals surface area contributed by atoms with E-state index in [0.29, 0.717) is 5.82 Å². The van der Waals surface area contributed by atoms with Crippen LogP contribution in [0.3, 0.4) is 0 Å². The summed E-state index contributed by atoms with van der Waals surface area (Å²) in [7, 11) is 0. The molecular formula is C18H14N4O3. The lowest BCUT2D eigenvalue weighted by Gasteiger charge is -2.23. The average molecular weight is 334 g/mol. The van der Waals surface area contributed by atoms with Gasteiger partial charge in [-0.25, -0.2) is 0 Å². The lowest BCUT2D eigenvalue weighted by atomic mass is 9.84. The highest BCUT2D eigenvalue weighted by atomic mass is 16.6. The average Bonchev–Trinajstić information content (AvgIpc) is 3.05. The molecule has 0 fully saturated rings. The summed E-state index contributed by atoms with van der Waals surface area (Å²) in [6.07, 6.45) is 0.268. The zero-order valence-corrected chi connectivity index (χ0v) is 13.1. The molecule has 0 aliphatic carbocycles. The molecule has 0 bridgehead atoms. The Kier molecular flexibility index (Phi) is 3.53. The Morgan fingerprint density at radius 1 is 1.08 bits per heavy atom. The first-order valence-electron chi connectivity index (χ1n) is 7.81. The van der Waals surface area contributed by atoms with Crippen LogP contribution in [0.4, 0.5) is 11.5 Å². The van der Waals surface area contributed by atoms with Crippen LogP contribution >= 0.6 is 0 Å². The summed E-state index contributed by atoms with van der Waals surface area (Å²) < 4.78 is 0. The summed E-state index contributed by atoms with van der Waals surface area (Å²) in [5.74, 6) is 0.180. The van der Waals surface area contributed by atoms with Gasteiger partial charge in [0.05, 0.1) is 10.6 Å². The number of aromatic amines is 1. The van der Waals surface area contributed by atoms with Crippen LogP contribution in [-0.4, -0.2) is 21.0 Å². The largest absolute Gasteiger partial charge is 0.309 e. The molecule has 124 valence electrons. The van der Waals surface area contributed by atoms with E-state index in [1.165, 1.54) is 12.1 Å². The van der Waals surface area contributed by atoms with Gasteiger partial charge in [0.1, 0.15) is 0 Å². The summed E-state index contributed by atoms with van der Waals surface area (Å²) in [6.45, 7) is 0. The number of aromatic nitrogens is 2. The minimum atomic E-state index is -0.434. The second-order valence-corrected chi connectivity index (χ2v) is 5.88. The molecule has 2 aromatic carbocycles. The van der Waals surface area contributed by atoms with Crippen molar-refractivity contribution < 1.29 is 9.72 Å². The van der Waals surface area contributed by atoms with Gasteiger partial charge < -0.3 is 5.32 Å². The van der Waals surface area contributed by atoms with Crippen LogP contribution in [0, 0.1) is 10.1 Å². The quantitative estimate of drug-likeness (QED) is 0.566. The number of carbonyl (C=O) groups excluding carboxylic acids is 1. The Morgan fingerprint density at radius 2 is 1.80 bits per heavy atom. The monoisotopic (exact) mass is 334 g/mol. The number of rotatable bonds is 3. The fourth-order valence-corrected chi connectivity index (χ4v) is 3.19. The van der Waals surface area contributed by atoms with Crippen molar-refractivity contribution in [1.82, 2.24) is 10.2 Å². The summed E-state index contributed by atoms with van der Waals surface area (Å²) in [4.78, 5) is 22.5. The van der Waals surface area contributed by atoms with Crippen LogP contribution in [0.15, 0.2) is 54.6 Å². The van der Waals surface area contributed by atoms with Crippen LogP contribution in [0.25, 0.3) is 11.3 Å². The molecule has 2 N–H and O–H groups in total. The Hall–Kier alpha value is -3.48. The highest BCUT2D eigenvalue weighted by Gasteiger charge is 2.32. The second-order valence-electron chi connectivity index (χ2n) is 5.88. The molecule has 1 aliphatic rings. The first kappa shape index (κ1) is 15.1. The molecule has 3 aromatic rings. The van der Waals surface area contributed by atoms with E-state index in [9.17, 15) is 14.9 Å². The van der Waals surface area contributed by atoms with Gasteiger partial charge in [0.25, 0.3) is 5.69 Å². The Morgan fingerprint density at radius 3 is 2.48 bits per heavy atom. The molecule has 25 heavy (non-hydrogen) atoms. The van der Waals surface area contributed by atoms with Gasteiger partial charge in [0.2, 0.25) is 5.91 Å². The van der Waals surface area contributed by atoms with Gasteiger partial charge in [-0.1, -0.05) is 42.5 Å². The topological polar surface area (TPSA) is 101 Å². The van der Waals surface area contributed by atoms with Crippen molar-refractivity contribution in [2.24, 2.45) is 0 Å². The van der Waals surface area contributed by atoms with Gasteiger partial charge in [-0.3, -0.25) is 20.0 Å². The fourth-order valence-electron chi connectivity index (χ4n) is 3.19. The number of nitro groups is 1. The van der Waals surface area contributed by atoms with E-state index in [-0.39, 0.29) is 23.9 Å². The van der Waals surface area contributed by atoms with Crippen molar-refractivity contribution in [3.8, 4) is 11.3 Å². The van der Waals surface area contributed by atoms with Crippen LogP contribution in [0.5, 0.6) is 0 Å². The normalized spacial score (nSPS) is 16.2. The zero-order chi connectivity index (χ0) is 17.4. The fraction of sp³-hybridized carbons (Fsp3) is 0.111. The van der Waals surface area contributed by atoms with E-state index >= 15 is 0 Å². The van der Waals surface area contributed by atoms with Crippen molar-refractivity contribution in [3.63, 3.8) is 0 Å². The van der Waals surface area contributed by atoms with E-state index < -0.39 is 4.92 Å². The van der Waals surface area contributed by atoms with Crippen molar-refractivity contribution in [3.05, 3.63) is 75.8 Å². The lowest BCUT2D eigenvalue weighted by molar-refractivity contribution is -0.384. The molecule has 0 saturated heterocycles. The maximum atomic E-state index is 12.1. The highest BCUT2D eigenvalue weighted by molar-refractivity contribution is 5.96. The van der Waals surface area contributed by atoms with Crippen LogP contribution in [0.2, 0.25) is 0 Å².